The molecule has 1 N–H and O–H groups in total. The Hall–Kier alpha value is -1.41. The fraction of sp³-hybridized carbons (Fsp3) is 0.455. The van der Waals surface area contributed by atoms with E-state index >= 15 is 0 Å². The molecule has 19 heavy (non-hydrogen) atoms. The van der Waals surface area contributed by atoms with Gasteiger partial charge in [-0.15, -0.1) is 10.2 Å². The van der Waals surface area contributed by atoms with E-state index < -0.39 is 0 Å². The quantitative estimate of drug-likeness (QED) is 0.854. The number of aryl methyl sites for hydroxylation is 1. The number of amides is 1. The molecule has 8 heteroatoms. The number of aromatic nitrogens is 3. The lowest BCUT2D eigenvalue weighted by atomic mass is 10.3. The molecule has 0 spiro atoms. The first-order chi connectivity index (χ1) is 9.20. The third-order valence-electron chi connectivity index (χ3n) is 2.62. The van der Waals surface area contributed by atoms with Crippen LogP contribution in [0.3, 0.4) is 0 Å². The van der Waals surface area contributed by atoms with E-state index in [4.69, 9.17) is 4.52 Å². The number of nitrogens with one attached hydrogen (secondary N) is 1. The second-order valence-corrected chi connectivity index (χ2v) is 6.72. The van der Waals surface area contributed by atoms with Crippen LogP contribution in [0.2, 0.25) is 0 Å². The molecule has 1 aliphatic rings. The summed E-state index contributed by atoms with van der Waals surface area (Å²) in [7, 11) is 0. The van der Waals surface area contributed by atoms with E-state index in [1.165, 1.54) is 23.1 Å². The van der Waals surface area contributed by atoms with Gasteiger partial charge in [0, 0.05) is 12.0 Å². The zero-order chi connectivity index (χ0) is 13.2. The lowest BCUT2D eigenvalue weighted by Gasteiger charge is -1.98. The van der Waals surface area contributed by atoms with E-state index in [-0.39, 0.29) is 11.7 Å². The van der Waals surface area contributed by atoms with Gasteiger partial charge in [-0.2, -0.15) is 0 Å². The van der Waals surface area contributed by atoms with Gasteiger partial charge in [0.2, 0.25) is 11.8 Å². The Labute approximate surface area is 118 Å². The van der Waals surface area contributed by atoms with Gasteiger partial charge < -0.3 is 4.52 Å². The first-order valence-electron chi connectivity index (χ1n) is 5.90. The summed E-state index contributed by atoms with van der Waals surface area (Å²) in [6.45, 7) is 1.88. The number of rotatable bonds is 5. The van der Waals surface area contributed by atoms with E-state index in [2.05, 4.69) is 20.7 Å². The van der Waals surface area contributed by atoms with Crippen LogP contribution in [0.1, 0.15) is 29.5 Å². The number of nitrogens with zero attached hydrogens (tertiary/aromatic N) is 3. The summed E-state index contributed by atoms with van der Waals surface area (Å²) in [5.41, 5.74) is 0.933. The molecule has 0 bridgehead atoms. The Balaban J connectivity index is 1.49. The fourth-order valence-corrected chi connectivity index (χ4v) is 3.17. The van der Waals surface area contributed by atoms with Crippen molar-refractivity contribution in [2.75, 3.05) is 11.1 Å². The molecule has 2 aromatic heterocycles. The molecule has 1 fully saturated rings. The summed E-state index contributed by atoms with van der Waals surface area (Å²) < 4.78 is 5.87. The number of carbonyl (C=O) groups is 1. The maximum Gasteiger partial charge on any atom is 0.237 e. The van der Waals surface area contributed by atoms with Crippen molar-refractivity contribution in [3.05, 3.63) is 16.8 Å². The van der Waals surface area contributed by atoms with Gasteiger partial charge in [0.1, 0.15) is 5.01 Å². The second kappa shape index (κ2) is 5.30. The van der Waals surface area contributed by atoms with E-state index in [0.717, 1.165) is 27.9 Å². The van der Waals surface area contributed by atoms with Crippen LogP contribution in [-0.4, -0.2) is 27.0 Å². The molecule has 1 aliphatic carbocycles. The Morgan fingerprint density at radius 2 is 2.42 bits per heavy atom. The average molecular weight is 296 g/mol. The monoisotopic (exact) mass is 296 g/mol. The first-order valence-corrected chi connectivity index (χ1v) is 7.70. The summed E-state index contributed by atoms with van der Waals surface area (Å²) in [5, 5.41) is 15.4. The van der Waals surface area contributed by atoms with E-state index in [1.54, 1.807) is 6.07 Å². The third-order valence-corrected chi connectivity index (χ3v) is 4.59. The number of hydrogen-bond donors (Lipinski definition) is 1. The van der Waals surface area contributed by atoms with Gasteiger partial charge in [-0.25, -0.2) is 0 Å². The molecule has 2 heterocycles. The fourth-order valence-electron chi connectivity index (χ4n) is 1.56. The van der Waals surface area contributed by atoms with Crippen molar-refractivity contribution >= 4 is 34.9 Å². The predicted molar refractivity (Wildman–Crippen MR) is 72.5 cm³/mol. The minimum Gasteiger partial charge on any atom is -0.338 e. The number of hydrogen-bond acceptors (Lipinski definition) is 7. The maximum atomic E-state index is 11.7. The van der Waals surface area contributed by atoms with Gasteiger partial charge in [0.15, 0.2) is 4.34 Å². The lowest BCUT2D eigenvalue weighted by molar-refractivity contribution is -0.113. The molecule has 6 nitrogen and oxygen atoms in total. The average Bonchev–Trinajstić information content (AvgIpc) is 3.00. The molecule has 0 radical (unpaired) electrons. The maximum absolute atomic E-state index is 11.7. The van der Waals surface area contributed by atoms with Gasteiger partial charge in [-0.1, -0.05) is 28.3 Å². The van der Waals surface area contributed by atoms with Crippen LogP contribution >= 0.6 is 23.1 Å². The number of anilines is 1. The zero-order valence-electron chi connectivity index (χ0n) is 10.3. The van der Waals surface area contributed by atoms with Crippen molar-refractivity contribution < 1.29 is 9.32 Å². The first kappa shape index (κ1) is 12.6. The van der Waals surface area contributed by atoms with Gasteiger partial charge in [-0.05, 0) is 19.8 Å². The van der Waals surface area contributed by atoms with Crippen molar-refractivity contribution in [3.8, 4) is 0 Å². The van der Waals surface area contributed by atoms with Crippen molar-refractivity contribution in [1.82, 2.24) is 15.4 Å². The molecule has 0 saturated heterocycles. The zero-order valence-corrected chi connectivity index (χ0v) is 11.9. The Bertz CT molecular complexity index is 591. The highest BCUT2D eigenvalue weighted by molar-refractivity contribution is 8.01. The molecule has 0 unspecified atom stereocenters. The molecular formula is C11H12N4O2S2. The molecule has 1 saturated carbocycles. The third kappa shape index (κ3) is 3.32. The van der Waals surface area contributed by atoms with Crippen molar-refractivity contribution in [2.24, 2.45) is 0 Å². The number of thioether (sulfide) groups is 1. The minimum absolute atomic E-state index is 0.128. The highest BCUT2D eigenvalue weighted by Gasteiger charge is 2.27. The van der Waals surface area contributed by atoms with Gasteiger partial charge in [-0.3, -0.25) is 10.1 Å². The largest absolute Gasteiger partial charge is 0.338 e. The lowest BCUT2D eigenvalue weighted by Crippen LogP contribution is -2.13. The summed E-state index contributed by atoms with van der Waals surface area (Å²) in [5.74, 6) is 1.10. The van der Waals surface area contributed by atoms with E-state index in [1.807, 2.05) is 6.92 Å². The predicted octanol–water partition coefficient (Wildman–Crippen LogP) is 2.44. The van der Waals surface area contributed by atoms with Gasteiger partial charge >= 0.3 is 0 Å². The minimum atomic E-state index is -0.128. The van der Waals surface area contributed by atoms with Crippen LogP contribution in [-0.2, 0) is 4.79 Å². The molecule has 2 aromatic rings. The standard InChI is InChI=1S/C11H12N4O2S2/c1-6-13-14-11(19-6)18-5-9(16)12-10-4-8(15-17-10)7-2-3-7/h4,7H,2-3,5H2,1H3,(H,12,16). The smallest absolute Gasteiger partial charge is 0.237 e. The second-order valence-electron chi connectivity index (χ2n) is 4.31. The summed E-state index contributed by atoms with van der Waals surface area (Å²) in [4.78, 5) is 11.7. The Kier molecular flexibility index (Phi) is 3.52. The Morgan fingerprint density at radius 1 is 1.58 bits per heavy atom. The van der Waals surface area contributed by atoms with Crippen LogP contribution in [0.5, 0.6) is 0 Å². The molecule has 100 valence electrons. The van der Waals surface area contributed by atoms with Gasteiger partial charge in [0.05, 0.1) is 11.4 Å². The van der Waals surface area contributed by atoms with E-state index in [0.29, 0.717) is 11.8 Å². The van der Waals surface area contributed by atoms with Gasteiger partial charge in [0.25, 0.3) is 0 Å². The SMILES string of the molecule is Cc1nnc(SCC(=O)Nc2cc(C3CC3)no2)s1. The van der Waals surface area contributed by atoms with Crippen LogP contribution in [0.4, 0.5) is 5.88 Å². The van der Waals surface area contributed by atoms with Crippen LogP contribution in [0, 0.1) is 6.92 Å². The van der Waals surface area contributed by atoms with Crippen molar-refractivity contribution in [1.29, 1.82) is 0 Å². The van der Waals surface area contributed by atoms with E-state index in [9.17, 15) is 4.79 Å². The van der Waals surface area contributed by atoms with Crippen molar-refractivity contribution in [3.63, 3.8) is 0 Å². The molecule has 0 aliphatic heterocycles. The normalized spacial score (nSPS) is 14.6. The summed E-state index contributed by atoms with van der Waals surface area (Å²) >= 11 is 2.84. The number of carbonyl (C=O) groups excluding carboxylic acids is 1. The molecule has 3 rings (SSSR count). The van der Waals surface area contributed by atoms with Crippen LogP contribution in [0.25, 0.3) is 0 Å². The molecule has 0 aromatic carbocycles. The Morgan fingerprint density at radius 3 is 3.11 bits per heavy atom. The molecular weight excluding hydrogens is 284 g/mol. The summed E-state index contributed by atoms with van der Waals surface area (Å²) in [6, 6.07) is 1.80. The summed E-state index contributed by atoms with van der Waals surface area (Å²) in [6.07, 6.45) is 2.32. The highest BCUT2D eigenvalue weighted by Crippen LogP contribution is 2.40. The highest BCUT2D eigenvalue weighted by atomic mass is 32.2. The van der Waals surface area contributed by atoms with Crippen LogP contribution < -0.4 is 5.32 Å². The molecule has 1 amide bonds. The molecule has 0 atom stereocenters. The van der Waals surface area contributed by atoms with Crippen molar-refractivity contribution in [2.45, 2.75) is 30.0 Å². The topological polar surface area (TPSA) is 80.9 Å². The van der Waals surface area contributed by atoms with Crippen LogP contribution in [0.15, 0.2) is 14.9 Å².